The molecule has 1 aromatic carbocycles. The summed E-state index contributed by atoms with van der Waals surface area (Å²) in [6.07, 6.45) is 4.70. The predicted octanol–water partition coefficient (Wildman–Crippen LogP) is 3.30. The summed E-state index contributed by atoms with van der Waals surface area (Å²) in [5, 5.41) is 6.06. The zero-order valence-electron chi connectivity index (χ0n) is 11.2. The van der Waals surface area contributed by atoms with E-state index in [9.17, 15) is 4.79 Å². The summed E-state index contributed by atoms with van der Waals surface area (Å²) in [7, 11) is 0. The zero-order chi connectivity index (χ0) is 13.0. The SMILES string of the molecule is Cc1ccccc1C(C)NC(=O)NC1CCCC1. The fourth-order valence-electron chi connectivity index (χ4n) is 2.64. The molecule has 2 N–H and O–H groups in total. The molecule has 1 unspecified atom stereocenters. The van der Waals surface area contributed by atoms with Gasteiger partial charge in [-0.05, 0) is 37.8 Å². The van der Waals surface area contributed by atoms with Crippen LogP contribution in [0.25, 0.3) is 0 Å². The lowest BCUT2D eigenvalue weighted by Gasteiger charge is -2.19. The van der Waals surface area contributed by atoms with Gasteiger partial charge < -0.3 is 10.6 Å². The van der Waals surface area contributed by atoms with Gasteiger partial charge in [-0.3, -0.25) is 0 Å². The van der Waals surface area contributed by atoms with Crippen LogP contribution in [-0.4, -0.2) is 12.1 Å². The normalized spacial score (nSPS) is 17.4. The van der Waals surface area contributed by atoms with Gasteiger partial charge in [-0.1, -0.05) is 37.1 Å². The van der Waals surface area contributed by atoms with Crippen LogP contribution in [0.3, 0.4) is 0 Å². The molecule has 3 nitrogen and oxygen atoms in total. The summed E-state index contributed by atoms with van der Waals surface area (Å²) < 4.78 is 0. The number of benzene rings is 1. The van der Waals surface area contributed by atoms with Crippen molar-refractivity contribution in [3.63, 3.8) is 0 Å². The van der Waals surface area contributed by atoms with Crippen LogP contribution in [0.5, 0.6) is 0 Å². The van der Waals surface area contributed by atoms with E-state index in [1.54, 1.807) is 0 Å². The third kappa shape index (κ3) is 3.25. The lowest BCUT2D eigenvalue weighted by Crippen LogP contribution is -2.41. The van der Waals surface area contributed by atoms with Crippen LogP contribution in [0.1, 0.15) is 49.8 Å². The van der Waals surface area contributed by atoms with E-state index in [1.165, 1.54) is 24.0 Å². The molecule has 0 radical (unpaired) electrons. The van der Waals surface area contributed by atoms with E-state index in [0.29, 0.717) is 6.04 Å². The van der Waals surface area contributed by atoms with Crippen molar-refractivity contribution < 1.29 is 4.79 Å². The number of hydrogen-bond acceptors (Lipinski definition) is 1. The van der Waals surface area contributed by atoms with E-state index in [4.69, 9.17) is 0 Å². The van der Waals surface area contributed by atoms with Gasteiger partial charge in [-0.15, -0.1) is 0 Å². The molecule has 3 heteroatoms. The van der Waals surface area contributed by atoms with Gasteiger partial charge in [0, 0.05) is 6.04 Å². The summed E-state index contributed by atoms with van der Waals surface area (Å²) in [4.78, 5) is 11.9. The van der Waals surface area contributed by atoms with Crippen molar-refractivity contribution in [2.45, 2.75) is 51.6 Å². The van der Waals surface area contributed by atoms with Crippen LogP contribution in [0.2, 0.25) is 0 Å². The molecule has 1 aliphatic carbocycles. The minimum Gasteiger partial charge on any atom is -0.335 e. The van der Waals surface area contributed by atoms with Gasteiger partial charge in [0.05, 0.1) is 6.04 Å². The summed E-state index contributed by atoms with van der Waals surface area (Å²) >= 11 is 0. The van der Waals surface area contributed by atoms with Crippen molar-refractivity contribution in [1.82, 2.24) is 10.6 Å². The van der Waals surface area contributed by atoms with Crippen molar-refractivity contribution >= 4 is 6.03 Å². The molecule has 1 saturated carbocycles. The first-order valence-electron chi connectivity index (χ1n) is 6.79. The number of nitrogens with one attached hydrogen (secondary N) is 2. The summed E-state index contributed by atoms with van der Waals surface area (Å²) in [5.74, 6) is 0. The molecule has 1 aromatic rings. The molecule has 0 heterocycles. The second kappa shape index (κ2) is 5.89. The average molecular weight is 246 g/mol. The number of carbonyl (C=O) groups excluding carboxylic acids is 1. The maximum atomic E-state index is 11.9. The lowest BCUT2D eigenvalue weighted by atomic mass is 10.0. The Balaban J connectivity index is 1.88. The minimum atomic E-state index is -0.0438. The minimum absolute atomic E-state index is 0.0438. The van der Waals surface area contributed by atoms with E-state index in [0.717, 1.165) is 12.8 Å². The average Bonchev–Trinajstić information content (AvgIpc) is 2.82. The van der Waals surface area contributed by atoms with Crippen molar-refractivity contribution in [1.29, 1.82) is 0 Å². The summed E-state index contributed by atoms with van der Waals surface area (Å²) in [6, 6.07) is 8.54. The van der Waals surface area contributed by atoms with Crippen molar-refractivity contribution in [2.24, 2.45) is 0 Å². The Morgan fingerprint density at radius 1 is 1.28 bits per heavy atom. The highest BCUT2D eigenvalue weighted by atomic mass is 16.2. The Bertz CT molecular complexity index is 411. The number of rotatable bonds is 3. The number of carbonyl (C=O) groups is 1. The molecule has 0 aromatic heterocycles. The number of hydrogen-bond donors (Lipinski definition) is 2. The van der Waals surface area contributed by atoms with Crippen molar-refractivity contribution in [3.05, 3.63) is 35.4 Å². The molecule has 1 atom stereocenters. The molecule has 0 spiro atoms. The van der Waals surface area contributed by atoms with Gasteiger partial charge in [0.25, 0.3) is 0 Å². The van der Waals surface area contributed by atoms with E-state index in [-0.39, 0.29) is 12.1 Å². The van der Waals surface area contributed by atoms with Crippen LogP contribution in [0.15, 0.2) is 24.3 Å². The highest BCUT2D eigenvalue weighted by Gasteiger charge is 2.18. The van der Waals surface area contributed by atoms with E-state index in [2.05, 4.69) is 29.7 Å². The standard InChI is InChI=1S/C15H22N2O/c1-11-7-3-6-10-14(11)12(2)16-15(18)17-13-8-4-5-9-13/h3,6-7,10,12-13H,4-5,8-9H2,1-2H3,(H2,16,17,18). The van der Waals surface area contributed by atoms with Crippen LogP contribution >= 0.6 is 0 Å². The predicted molar refractivity (Wildman–Crippen MR) is 73.5 cm³/mol. The second-order valence-electron chi connectivity index (χ2n) is 5.18. The Kier molecular flexibility index (Phi) is 4.24. The molecule has 1 aliphatic rings. The van der Waals surface area contributed by atoms with Gasteiger partial charge >= 0.3 is 6.03 Å². The Hall–Kier alpha value is -1.51. The molecular formula is C15H22N2O. The number of amides is 2. The third-order valence-electron chi connectivity index (χ3n) is 3.69. The number of aryl methyl sites for hydroxylation is 1. The fourth-order valence-corrected chi connectivity index (χ4v) is 2.64. The van der Waals surface area contributed by atoms with Gasteiger partial charge in [0.1, 0.15) is 0 Å². The van der Waals surface area contributed by atoms with Gasteiger partial charge in [0.2, 0.25) is 0 Å². The topological polar surface area (TPSA) is 41.1 Å². The smallest absolute Gasteiger partial charge is 0.315 e. The molecule has 98 valence electrons. The second-order valence-corrected chi connectivity index (χ2v) is 5.18. The molecule has 0 saturated heterocycles. The molecule has 1 fully saturated rings. The zero-order valence-corrected chi connectivity index (χ0v) is 11.2. The monoisotopic (exact) mass is 246 g/mol. The first-order valence-corrected chi connectivity index (χ1v) is 6.79. The van der Waals surface area contributed by atoms with Crippen LogP contribution in [0.4, 0.5) is 4.79 Å². The highest BCUT2D eigenvalue weighted by Crippen LogP contribution is 2.19. The van der Waals surface area contributed by atoms with Crippen LogP contribution < -0.4 is 10.6 Å². The lowest BCUT2D eigenvalue weighted by molar-refractivity contribution is 0.234. The maximum absolute atomic E-state index is 11.9. The Labute approximate surface area is 109 Å². The first kappa shape index (κ1) is 12.9. The quantitative estimate of drug-likeness (QED) is 0.844. The molecule has 2 rings (SSSR count). The summed E-state index contributed by atoms with van der Waals surface area (Å²) in [6.45, 7) is 4.10. The third-order valence-corrected chi connectivity index (χ3v) is 3.69. The molecule has 0 bridgehead atoms. The van der Waals surface area contributed by atoms with E-state index >= 15 is 0 Å². The molecule has 2 amide bonds. The van der Waals surface area contributed by atoms with Crippen LogP contribution in [-0.2, 0) is 0 Å². The van der Waals surface area contributed by atoms with Gasteiger partial charge in [-0.25, -0.2) is 4.79 Å². The Morgan fingerprint density at radius 3 is 2.61 bits per heavy atom. The van der Waals surface area contributed by atoms with E-state index in [1.807, 2.05) is 19.1 Å². The number of urea groups is 1. The van der Waals surface area contributed by atoms with Gasteiger partial charge in [-0.2, -0.15) is 0 Å². The molecule has 18 heavy (non-hydrogen) atoms. The van der Waals surface area contributed by atoms with Crippen molar-refractivity contribution in [3.8, 4) is 0 Å². The maximum Gasteiger partial charge on any atom is 0.315 e. The Morgan fingerprint density at radius 2 is 1.94 bits per heavy atom. The van der Waals surface area contributed by atoms with Gasteiger partial charge in [0.15, 0.2) is 0 Å². The van der Waals surface area contributed by atoms with Crippen molar-refractivity contribution in [2.75, 3.05) is 0 Å². The van der Waals surface area contributed by atoms with Crippen LogP contribution in [0, 0.1) is 6.92 Å². The van der Waals surface area contributed by atoms with E-state index < -0.39 is 0 Å². The molecular weight excluding hydrogens is 224 g/mol. The largest absolute Gasteiger partial charge is 0.335 e. The first-order chi connectivity index (χ1) is 8.66. The molecule has 0 aliphatic heterocycles. The summed E-state index contributed by atoms with van der Waals surface area (Å²) in [5.41, 5.74) is 2.39. The highest BCUT2D eigenvalue weighted by molar-refractivity contribution is 5.74. The fraction of sp³-hybridized carbons (Fsp3) is 0.533.